The van der Waals surface area contributed by atoms with Crippen LogP contribution in [-0.4, -0.2) is 35.2 Å². The zero-order valence-electron chi connectivity index (χ0n) is 17.3. The highest BCUT2D eigenvalue weighted by molar-refractivity contribution is 5.70. The number of hydrogen-bond acceptors (Lipinski definition) is 4. The third-order valence-corrected chi connectivity index (χ3v) is 5.11. The van der Waals surface area contributed by atoms with E-state index in [2.05, 4.69) is 0 Å². The summed E-state index contributed by atoms with van der Waals surface area (Å²) in [6, 6.07) is 19.6. The van der Waals surface area contributed by atoms with E-state index in [1.165, 1.54) is 0 Å². The summed E-state index contributed by atoms with van der Waals surface area (Å²) in [4.78, 5) is 26.0. The zero-order chi connectivity index (χ0) is 20.9. The molecule has 5 nitrogen and oxygen atoms in total. The number of carbonyl (C=O) groups is 2. The van der Waals surface area contributed by atoms with Crippen molar-refractivity contribution in [2.24, 2.45) is 0 Å². The summed E-state index contributed by atoms with van der Waals surface area (Å²) in [7, 11) is 0. The van der Waals surface area contributed by atoms with Crippen LogP contribution >= 0.6 is 0 Å². The van der Waals surface area contributed by atoms with Gasteiger partial charge in [0.25, 0.3) is 6.47 Å². The van der Waals surface area contributed by atoms with Gasteiger partial charge in [-0.15, -0.1) is 0 Å². The van der Waals surface area contributed by atoms with E-state index >= 15 is 0 Å². The fraction of sp³-hybridized carbons (Fsp3) is 0.417. The molecule has 2 aromatic rings. The lowest BCUT2D eigenvalue weighted by Crippen LogP contribution is -2.45. The average molecular weight is 395 g/mol. The summed E-state index contributed by atoms with van der Waals surface area (Å²) in [6.07, 6.45) is 1.57. The van der Waals surface area contributed by atoms with Crippen LogP contribution in [0, 0.1) is 0 Å². The Kier molecular flexibility index (Phi) is 6.57. The highest BCUT2D eigenvalue weighted by atomic mass is 16.6. The first-order valence-corrected chi connectivity index (χ1v) is 10.1. The zero-order valence-corrected chi connectivity index (χ0v) is 17.3. The maximum atomic E-state index is 13.4. The van der Waals surface area contributed by atoms with Gasteiger partial charge >= 0.3 is 6.09 Å². The maximum absolute atomic E-state index is 13.4. The fourth-order valence-corrected chi connectivity index (χ4v) is 3.94. The van der Waals surface area contributed by atoms with Crippen molar-refractivity contribution in [3.63, 3.8) is 0 Å². The second-order valence-electron chi connectivity index (χ2n) is 8.43. The molecule has 154 valence electrons. The smallest absolute Gasteiger partial charge is 0.411 e. The number of ether oxygens (including phenoxy) is 2. The van der Waals surface area contributed by atoms with Crippen molar-refractivity contribution in [3.8, 4) is 0 Å². The van der Waals surface area contributed by atoms with E-state index in [1.54, 1.807) is 0 Å². The molecule has 1 aliphatic rings. The van der Waals surface area contributed by atoms with Crippen LogP contribution in [0.3, 0.4) is 0 Å². The first kappa shape index (κ1) is 20.9. The van der Waals surface area contributed by atoms with Gasteiger partial charge in [-0.25, -0.2) is 4.79 Å². The van der Waals surface area contributed by atoms with Crippen LogP contribution in [0.2, 0.25) is 0 Å². The summed E-state index contributed by atoms with van der Waals surface area (Å²) >= 11 is 0. The molecule has 0 bridgehead atoms. The minimum Gasteiger partial charge on any atom is -0.465 e. The van der Waals surface area contributed by atoms with Gasteiger partial charge in [0.05, 0.1) is 6.04 Å². The van der Waals surface area contributed by atoms with Crippen molar-refractivity contribution in [1.29, 1.82) is 0 Å². The number of benzene rings is 2. The van der Waals surface area contributed by atoms with Crippen molar-refractivity contribution in [2.45, 2.75) is 63.8 Å². The van der Waals surface area contributed by atoms with Gasteiger partial charge in [0.15, 0.2) is 0 Å². The van der Waals surface area contributed by atoms with Crippen LogP contribution in [0.1, 0.15) is 57.2 Å². The van der Waals surface area contributed by atoms with Gasteiger partial charge in [-0.2, -0.15) is 0 Å². The van der Waals surface area contributed by atoms with Crippen molar-refractivity contribution in [2.75, 3.05) is 0 Å². The molecular weight excluding hydrogens is 366 g/mol. The van der Waals surface area contributed by atoms with E-state index in [0.29, 0.717) is 12.9 Å². The standard InChI is InChI=1S/C24H29NO4/c1-24(2,3)29-23(27)25(20-14-15-21(16-20)28-17-26)22(18-10-6-4-7-11-18)19-12-8-5-9-13-19/h4-13,17,20-22H,14-16H2,1-3H3/t20-,21+/m0/s1. The van der Waals surface area contributed by atoms with E-state index in [0.717, 1.165) is 24.0 Å². The third kappa shape index (κ3) is 5.37. The Bertz CT molecular complexity index is 761. The molecule has 0 aliphatic heterocycles. The molecule has 1 amide bonds. The number of nitrogens with zero attached hydrogens (tertiary/aromatic N) is 1. The quantitative estimate of drug-likeness (QED) is 0.638. The SMILES string of the molecule is CC(C)(C)OC(=O)N(C(c1ccccc1)c1ccccc1)[C@H]1CC[C@@H](OC=O)C1. The molecule has 0 radical (unpaired) electrons. The summed E-state index contributed by atoms with van der Waals surface area (Å²) in [5.41, 5.74) is 1.43. The van der Waals surface area contributed by atoms with Gasteiger partial charge in [-0.3, -0.25) is 9.69 Å². The second kappa shape index (κ2) is 9.12. The molecule has 5 heteroatoms. The van der Waals surface area contributed by atoms with Gasteiger partial charge in [0.2, 0.25) is 0 Å². The van der Waals surface area contributed by atoms with E-state index < -0.39 is 5.60 Å². The average Bonchev–Trinajstić information content (AvgIpc) is 3.14. The molecule has 1 aliphatic carbocycles. The van der Waals surface area contributed by atoms with Crippen LogP contribution in [0.5, 0.6) is 0 Å². The van der Waals surface area contributed by atoms with Gasteiger partial charge in [-0.05, 0) is 44.7 Å². The van der Waals surface area contributed by atoms with Crippen LogP contribution in [0.25, 0.3) is 0 Å². The maximum Gasteiger partial charge on any atom is 0.411 e. The predicted molar refractivity (Wildman–Crippen MR) is 111 cm³/mol. The Morgan fingerprint density at radius 1 is 1.00 bits per heavy atom. The van der Waals surface area contributed by atoms with Gasteiger partial charge in [0, 0.05) is 12.5 Å². The Balaban J connectivity index is 2.03. The van der Waals surface area contributed by atoms with Gasteiger partial charge in [0.1, 0.15) is 11.7 Å². The topological polar surface area (TPSA) is 55.8 Å². The molecule has 2 aromatic carbocycles. The summed E-state index contributed by atoms with van der Waals surface area (Å²) in [5, 5.41) is 0. The summed E-state index contributed by atoms with van der Waals surface area (Å²) in [5.74, 6) is 0. The number of amides is 1. The number of hydrogen-bond donors (Lipinski definition) is 0. The van der Waals surface area contributed by atoms with Crippen LogP contribution < -0.4 is 0 Å². The minimum atomic E-state index is -0.607. The number of rotatable bonds is 6. The summed E-state index contributed by atoms with van der Waals surface area (Å²) in [6.45, 7) is 6.11. The van der Waals surface area contributed by atoms with Gasteiger partial charge in [-0.1, -0.05) is 60.7 Å². The molecule has 2 atom stereocenters. The molecule has 3 rings (SSSR count). The highest BCUT2D eigenvalue weighted by Crippen LogP contribution is 2.37. The van der Waals surface area contributed by atoms with Crippen LogP contribution in [0.4, 0.5) is 4.79 Å². The Labute approximate surface area is 172 Å². The first-order chi connectivity index (χ1) is 13.9. The van der Waals surface area contributed by atoms with Crippen molar-refractivity contribution >= 4 is 12.6 Å². The van der Waals surface area contributed by atoms with Crippen molar-refractivity contribution < 1.29 is 19.1 Å². The van der Waals surface area contributed by atoms with Crippen molar-refractivity contribution in [3.05, 3.63) is 71.8 Å². The minimum absolute atomic E-state index is 0.0831. The molecule has 1 fully saturated rings. The van der Waals surface area contributed by atoms with E-state index in [9.17, 15) is 9.59 Å². The molecule has 1 saturated carbocycles. The third-order valence-electron chi connectivity index (χ3n) is 5.11. The lowest BCUT2D eigenvalue weighted by molar-refractivity contribution is -0.133. The van der Waals surface area contributed by atoms with Gasteiger partial charge < -0.3 is 9.47 Å². The second-order valence-corrected chi connectivity index (χ2v) is 8.43. The molecule has 0 spiro atoms. The molecule has 29 heavy (non-hydrogen) atoms. The monoisotopic (exact) mass is 395 g/mol. The summed E-state index contributed by atoms with van der Waals surface area (Å²) < 4.78 is 11.0. The molecular formula is C24H29NO4. The lowest BCUT2D eigenvalue weighted by Gasteiger charge is -2.38. The van der Waals surface area contributed by atoms with Crippen molar-refractivity contribution in [1.82, 2.24) is 4.90 Å². The van der Waals surface area contributed by atoms with Crippen LogP contribution in [-0.2, 0) is 14.3 Å². The largest absolute Gasteiger partial charge is 0.465 e. The fourth-order valence-electron chi connectivity index (χ4n) is 3.94. The Morgan fingerprint density at radius 3 is 2.03 bits per heavy atom. The molecule has 0 aromatic heterocycles. The first-order valence-electron chi connectivity index (χ1n) is 10.1. The van der Waals surface area contributed by atoms with Crippen LogP contribution in [0.15, 0.2) is 60.7 Å². The van der Waals surface area contributed by atoms with E-state index in [4.69, 9.17) is 9.47 Å². The molecule has 0 heterocycles. The van der Waals surface area contributed by atoms with E-state index in [1.807, 2.05) is 86.3 Å². The number of carbonyl (C=O) groups excluding carboxylic acids is 2. The highest BCUT2D eigenvalue weighted by Gasteiger charge is 2.40. The molecule has 0 N–H and O–H groups in total. The predicted octanol–water partition coefficient (Wildman–Crippen LogP) is 5.11. The Hall–Kier alpha value is -2.82. The molecule has 0 saturated heterocycles. The Morgan fingerprint density at radius 2 is 1.55 bits per heavy atom. The lowest BCUT2D eigenvalue weighted by atomic mass is 9.95. The molecule has 0 unspecified atom stereocenters. The van der Waals surface area contributed by atoms with E-state index in [-0.39, 0.29) is 24.3 Å². The normalized spacial score (nSPS) is 19.0.